The van der Waals surface area contributed by atoms with Gasteiger partial charge in [-0.25, -0.2) is 0 Å². The fourth-order valence-electron chi connectivity index (χ4n) is 3.51. The first kappa shape index (κ1) is 16.2. The lowest BCUT2D eigenvalue weighted by atomic mass is 9.94. The van der Waals surface area contributed by atoms with Gasteiger partial charge in [-0.3, -0.25) is 0 Å². The second kappa shape index (κ2) is 6.73. The molecule has 5 nitrogen and oxygen atoms in total. The van der Waals surface area contributed by atoms with E-state index in [1.54, 1.807) is 15.7 Å². The molecule has 6 heteroatoms. The van der Waals surface area contributed by atoms with Crippen LogP contribution in [-0.2, 0) is 10.2 Å². The third kappa shape index (κ3) is 3.93. The first-order chi connectivity index (χ1) is 9.39. The largest absolute Gasteiger partial charge is 0.317 e. The number of nitrogens with zero attached hydrogens (tertiary/aromatic N) is 2. The van der Waals surface area contributed by atoms with Crippen LogP contribution in [0.4, 0.5) is 0 Å². The van der Waals surface area contributed by atoms with E-state index in [4.69, 9.17) is 0 Å². The minimum absolute atomic E-state index is 0.459. The van der Waals surface area contributed by atoms with Crippen LogP contribution in [0.5, 0.6) is 0 Å². The van der Waals surface area contributed by atoms with Crippen LogP contribution in [-0.4, -0.2) is 56.8 Å². The van der Waals surface area contributed by atoms with E-state index in [1.165, 1.54) is 0 Å². The van der Waals surface area contributed by atoms with Crippen LogP contribution < -0.4 is 5.32 Å². The van der Waals surface area contributed by atoms with Gasteiger partial charge < -0.3 is 5.32 Å². The Hall–Kier alpha value is -0.170. The van der Waals surface area contributed by atoms with Crippen molar-refractivity contribution < 1.29 is 8.42 Å². The molecule has 0 aromatic carbocycles. The molecule has 118 valence electrons. The normalized spacial score (nSPS) is 30.8. The van der Waals surface area contributed by atoms with Crippen LogP contribution in [0.2, 0.25) is 0 Å². The van der Waals surface area contributed by atoms with Crippen molar-refractivity contribution in [3.63, 3.8) is 0 Å². The maximum atomic E-state index is 12.7. The Morgan fingerprint density at radius 3 is 2.25 bits per heavy atom. The molecule has 20 heavy (non-hydrogen) atoms. The zero-order valence-electron chi connectivity index (χ0n) is 13.0. The monoisotopic (exact) mass is 303 g/mol. The number of hydrogen-bond acceptors (Lipinski definition) is 3. The smallest absolute Gasteiger partial charge is 0.281 e. The fourth-order valence-corrected chi connectivity index (χ4v) is 5.19. The van der Waals surface area contributed by atoms with Crippen molar-refractivity contribution in [2.75, 3.05) is 39.8 Å². The molecule has 0 radical (unpaired) electrons. The zero-order chi connectivity index (χ0) is 14.8. The van der Waals surface area contributed by atoms with E-state index in [2.05, 4.69) is 19.2 Å². The van der Waals surface area contributed by atoms with Crippen molar-refractivity contribution in [1.82, 2.24) is 13.9 Å². The van der Waals surface area contributed by atoms with Gasteiger partial charge in [0.15, 0.2) is 0 Å². The minimum Gasteiger partial charge on any atom is -0.317 e. The lowest BCUT2D eigenvalue weighted by Gasteiger charge is -2.37. The molecule has 1 N–H and O–H groups in total. The lowest BCUT2D eigenvalue weighted by molar-refractivity contribution is 0.206. The molecule has 0 aromatic heterocycles. The van der Waals surface area contributed by atoms with E-state index in [1.807, 2.05) is 0 Å². The molecule has 0 amide bonds. The summed E-state index contributed by atoms with van der Waals surface area (Å²) in [6.07, 6.45) is 3.28. The van der Waals surface area contributed by atoms with Crippen molar-refractivity contribution in [2.45, 2.75) is 33.1 Å². The Bertz CT molecular complexity index is 397. The van der Waals surface area contributed by atoms with Crippen LogP contribution in [0.25, 0.3) is 0 Å². The third-order valence-corrected chi connectivity index (χ3v) is 6.42. The topological polar surface area (TPSA) is 52.7 Å². The summed E-state index contributed by atoms with van der Waals surface area (Å²) in [4.78, 5) is 0. The molecule has 2 rings (SSSR count). The van der Waals surface area contributed by atoms with Crippen molar-refractivity contribution >= 4 is 10.2 Å². The summed E-state index contributed by atoms with van der Waals surface area (Å²) in [5.74, 6) is 1.41. The Kier molecular flexibility index (Phi) is 5.45. The quantitative estimate of drug-likeness (QED) is 0.847. The van der Waals surface area contributed by atoms with Crippen molar-refractivity contribution in [1.29, 1.82) is 0 Å². The molecule has 2 atom stereocenters. The summed E-state index contributed by atoms with van der Waals surface area (Å²) in [5, 5.41) is 3.32. The SMILES string of the molecule is CC1CC(C)CN(S(=O)(=O)N(C)CC2CCNCC2)C1. The van der Waals surface area contributed by atoms with Gasteiger partial charge in [0.05, 0.1) is 0 Å². The highest BCUT2D eigenvalue weighted by Crippen LogP contribution is 2.25. The summed E-state index contributed by atoms with van der Waals surface area (Å²) in [6.45, 7) is 8.30. The first-order valence-corrected chi connectivity index (χ1v) is 9.21. The summed E-state index contributed by atoms with van der Waals surface area (Å²) >= 11 is 0. The number of nitrogens with one attached hydrogen (secondary N) is 1. The van der Waals surface area contributed by atoms with Crippen molar-refractivity contribution in [3.8, 4) is 0 Å². The standard InChI is InChI=1S/C14H29N3O2S/c1-12-8-13(2)10-17(9-12)20(18,19)16(3)11-14-4-6-15-7-5-14/h12-15H,4-11H2,1-3H3. The predicted octanol–water partition coefficient (Wildman–Crippen LogP) is 1.14. The highest BCUT2D eigenvalue weighted by atomic mass is 32.2. The molecule has 2 fully saturated rings. The van der Waals surface area contributed by atoms with E-state index >= 15 is 0 Å². The first-order valence-electron chi connectivity index (χ1n) is 7.81. The summed E-state index contributed by atoms with van der Waals surface area (Å²) in [7, 11) is -1.54. The maximum Gasteiger partial charge on any atom is 0.281 e. The van der Waals surface area contributed by atoms with Crippen LogP contribution >= 0.6 is 0 Å². The van der Waals surface area contributed by atoms with Crippen molar-refractivity contribution in [3.05, 3.63) is 0 Å². The van der Waals surface area contributed by atoms with E-state index < -0.39 is 10.2 Å². The zero-order valence-corrected chi connectivity index (χ0v) is 13.8. The van der Waals surface area contributed by atoms with Crippen LogP contribution in [0.15, 0.2) is 0 Å². The average Bonchev–Trinajstić information content (AvgIpc) is 2.38. The predicted molar refractivity (Wildman–Crippen MR) is 81.7 cm³/mol. The van der Waals surface area contributed by atoms with Gasteiger partial charge in [-0.05, 0) is 50.1 Å². The summed E-state index contributed by atoms with van der Waals surface area (Å²) < 4.78 is 28.6. The molecule has 2 unspecified atom stereocenters. The second-order valence-electron chi connectivity index (χ2n) is 6.74. The molecule has 0 aromatic rings. The van der Waals surface area contributed by atoms with Crippen LogP contribution in [0.1, 0.15) is 33.1 Å². The molecule has 2 aliphatic rings. The highest BCUT2D eigenvalue weighted by molar-refractivity contribution is 7.86. The molecular formula is C14H29N3O2S. The summed E-state index contributed by atoms with van der Waals surface area (Å²) in [6, 6.07) is 0. The van der Waals surface area contributed by atoms with Crippen molar-refractivity contribution in [2.24, 2.45) is 17.8 Å². The van der Waals surface area contributed by atoms with Gasteiger partial charge in [-0.2, -0.15) is 17.0 Å². The molecule has 2 saturated heterocycles. The summed E-state index contributed by atoms with van der Waals surface area (Å²) in [5.41, 5.74) is 0. The Morgan fingerprint density at radius 2 is 1.70 bits per heavy atom. The molecule has 2 aliphatic heterocycles. The van der Waals surface area contributed by atoms with Gasteiger partial charge >= 0.3 is 0 Å². The number of hydrogen-bond donors (Lipinski definition) is 1. The maximum absolute atomic E-state index is 12.7. The minimum atomic E-state index is -3.28. The Labute approximate surface area is 123 Å². The van der Waals surface area contributed by atoms with Gasteiger partial charge in [0.2, 0.25) is 0 Å². The molecule has 0 bridgehead atoms. The van der Waals surface area contributed by atoms with E-state index in [-0.39, 0.29) is 0 Å². The average molecular weight is 303 g/mol. The highest BCUT2D eigenvalue weighted by Gasteiger charge is 2.34. The Balaban J connectivity index is 1.97. The second-order valence-corrected chi connectivity index (χ2v) is 8.78. The molecule has 0 spiro atoms. The van der Waals surface area contributed by atoms with Gasteiger partial charge in [-0.15, -0.1) is 0 Å². The van der Waals surface area contributed by atoms with Gasteiger partial charge in [0, 0.05) is 26.7 Å². The van der Waals surface area contributed by atoms with E-state index in [9.17, 15) is 8.42 Å². The van der Waals surface area contributed by atoms with E-state index in [0.717, 1.165) is 32.4 Å². The Morgan fingerprint density at radius 1 is 1.15 bits per heavy atom. The van der Waals surface area contributed by atoms with Crippen LogP contribution in [0, 0.1) is 17.8 Å². The fraction of sp³-hybridized carbons (Fsp3) is 1.00. The van der Waals surface area contributed by atoms with E-state index in [0.29, 0.717) is 37.4 Å². The molecule has 0 saturated carbocycles. The van der Waals surface area contributed by atoms with Gasteiger partial charge in [0.1, 0.15) is 0 Å². The molecule has 2 heterocycles. The number of piperidine rings is 2. The molecule has 0 aliphatic carbocycles. The number of rotatable bonds is 4. The van der Waals surface area contributed by atoms with Gasteiger partial charge in [-0.1, -0.05) is 13.8 Å². The molecular weight excluding hydrogens is 274 g/mol. The third-order valence-electron chi connectivity index (χ3n) is 4.53. The van der Waals surface area contributed by atoms with Gasteiger partial charge in [0.25, 0.3) is 10.2 Å². The lowest BCUT2D eigenvalue weighted by Crippen LogP contribution is -2.49. The van der Waals surface area contributed by atoms with Crippen LogP contribution in [0.3, 0.4) is 0 Å².